The van der Waals surface area contributed by atoms with Crippen molar-refractivity contribution in [2.75, 3.05) is 11.1 Å². The van der Waals surface area contributed by atoms with E-state index in [1.807, 2.05) is 0 Å². The zero-order chi connectivity index (χ0) is 14.7. The number of amides is 1. The van der Waals surface area contributed by atoms with Gasteiger partial charge in [0.05, 0.1) is 5.25 Å². The summed E-state index contributed by atoms with van der Waals surface area (Å²) in [6.07, 6.45) is 0. The highest BCUT2D eigenvalue weighted by atomic mass is 32.2. The summed E-state index contributed by atoms with van der Waals surface area (Å²) < 4.78 is 27.3. The van der Waals surface area contributed by atoms with Gasteiger partial charge in [0.25, 0.3) is 0 Å². The standard InChI is InChI=1S/C11H10F2N4OS2/c1-5(19-11-17-16-10(14)20-11)9(18)15-8-6(12)3-2-4-7(8)13/h2-5H,1H3,(H2,14,16)(H,15,18). The van der Waals surface area contributed by atoms with E-state index in [0.717, 1.165) is 35.2 Å². The molecule has 0 saturated carbocycles. The third-order valence-corrected chi connectivity index (χ3v) is 4.22. The number of nitrogens with two attached hydrogens (primary N) is 1. The summed E-state index contributed by atoms with van der Waals surface area (Å²) >= 11 is 2.25. The van der Waals surface area contributed by atoms with Crippen LogP contribution in [0.1, 0.15) is 6.92 Å². The number of aromatic nitrogens is 2. The van der Waals surface area contributed by atoms with Gasteiger partial charge in [-0.05, 0) is 19.1 Å². The number of anilines is 2. The zero-order valence-corrected chi connectivity index (χ0v) is 11.9. The van der Waals surface area contributed by atoms with Gasteiger partial charge < -0.3 is 11.1 Å². The number of para-hydroxylation sites is 1. The molecule has 0 aliphatic carbocycles. The van der Waals surface area contributed by atoms with Crippen molar-refractivity contribution < 1.29 is 13.6 Å². The molecule has 0 saturated heterocycles. The molecule has 5 nitrogen and oxygen atoms in total. The third kappa shape index (κ3) is 3.42. The Kier molecular flexibility index (Phi) is 4.50. The number of carbonyl (C=O) groups is 1. The molecule has 106 valence electrons. The lowest BCUT2D eigenvalue weighted by molar-refractivity contribution is -0.115. The van der Waals surface area contributed by atoms with Crippen LogP contribution in [0.3, 0.4) is 0 Å². The monoisotopic (exact) mass is 316 g/mol. The van der Waals surface area contributed by atoms with Gasteiger partial charge in [-0.15, -0.1) is 10.2 Å². The molecule has 0 aliphatic rings. The molecule has 3 N–H and O–H groups in total. The van der Waals surface area contributed by atoms with Crippen LogP contribution in [0.25, 0.3) is 0 Å². The maximum atomic E-state index is 13.4. The SMILES string of the molecule is CC(Sc1nnc(N)s1)C(=O)Nc1c(F)cccc1F. The second-order valence-electron chi connectivity index (χ2n) is 3.75. The first-order valence-corrected chi connectivity index (χ1v) is 7.17. The molecule has 1 aromatic carbocycles. The van der Waals surface area contributed by atoms with E-state index in [2.05, 4.69) is 15.5 Å². The normalized spacial score (nSPS) is 12.2. The van der Waals surface area contributed by atoms with Gasteiger partial charge in [0.1, 0.15) is 17.3 Å². The van der Waals surface area contributed by atoms with E-state index >= 15 is 0 Å². The molecule has 1 atom stereocenters. The highest BCUT2D eigenvalue weighted by Crippen LogP contribution is 2.28. The number of nitrogens with one attached hydrogen (secondary N) is 1. The first-order chi connectivity index (χ1) is 9.47. The number of benzene rings is 1. The quantitative estimate of drug-likeness (QED) is 0.847. The minimum absolute atomic E-state index is 0.292. The summed E-state index contributed by atoms with van der Waals surface area (Å²) in [6, 6.07) is 3.37. The molecule has 0 aliphatic heterocycles. The molecule has 2 aromatic rings. The van der Waals surface area contributed by atoms with Gasteiger partial charge in [-0.1, -0.05) is 29.2 Å². The fraction of sp³-hybridized carbons (Fsp3) is 0.182. The number of nitrogens with zero attached hydrogens (tertiary/aromatic N) is 2. The fourth-order valence-corrected chi connectivity index (χ4v) is 3.10. The van der Waals surface area contributed by atoms with Gasteiger partial charge in [-0.3, -0.25) is 4.79 Å². The lowest BCUT2D eigenvalue weighted by Crippen LogP contribution is -2.23. The predicted octanol–water partition coefficient (Wildman–Crippen LogP) is 2.52. The van der Waals surface area contributed by atoms with Gasteiger partial charge >= 0.3 is 0 Å². The molecule has 2 rings (SSSR count). The first-order valence-electron chi connectivity index (χ1n) is 5.48. The highest BCUT2D eigenvalue weighted by molar-refractivity contribution is 8.02. The molecule has 0 radical (unpaired) electrons. The molecular formula is C11H10F2N4OS2. The average molecular weight is 316 g/mol. The Morgan fingerprint density at radius 1 is 1.40 bits per heavy atom. The molecule has 1 aromatic heterocycles. The molecule has 20 heavy (non-hydrogen) atoms. The summed E-state index contributed by atoms with van der Waals surface area (Å²) in [4.78, 5) is 11.9. The average Bonchev–Trinajstić information content (AvgIpc) is 2.79. The highest BCUT2D eigenvalue weighted by Gasteiger charge is 2.19. The van der Waals surface area contributed by atoms with Crippen LogP contribution in [0, 0.1) is 11.6 Å². The van der Waals surface area contributed by atoms with Crippen LogP contribution in [-0.2, 0) is 4.79 Å². The Labute approximate surface area is 121 Å². The van der Waals surface area contributed by atoms with Crippen LogP contribution >= 0.6 is 23.1 Å². The van der Waals surface area contributed by atoms with Crippen LogP contribution in [0.5, 0.6) is 0 Å². The third-order valence-electron chi connectivity index (χ3n) is 2.28. The van der Waals surface area contributed by atoms with E-state index in [9.17, 15) is 13.6 Å². The summed E-state index contributed by atoms with van der Waals surface area (Å²) in [6.45, 7) is 1.59. The van der Waals surface area contributed by atoms with E-state index in [1.54, 1.807) is 6.92 Å². The Morgan fingerprint density at radius 3 is 2.60 bits per heavy atom. The Bertz CT molecular complexity index is 614. The first kappa shape index (κ1) is 14.7. The van der Waals surface area contributed by atoms with Crippen molar-refractivity contribution in [3.05, 3.63) is 29.8 Å². The number of carbonyl (C=O) groups excluding carboxylic acids is 1. The summed E-state index contributed by atoms with van der Waals surface area (Å²) in [5.74, 6) is -2.18. The fourth-order valence-electron chi connectivity index (χ4n) is 1.31. The Hall–Kier alpha value is -1.74. The Balaban J connectivity index is 2.04. The molecule has 1 amide bonds. The number of halogens is 2. The number of thioether (sulfide) groups is 1. The second-order valence-corrected chi connectivity index (χ2v) is 6.35. The van der Waals surface area contributed by atoms with Crippen molar-refractivity contribution in [1.29, 1.82) is 0 Å². The summed E-state index contributed by atoms with van der Waals surface area (Å²) in [5.41, 5.74) is 4.97. The lowest BCUT2D eigenvalue weighted by Gasteiger charge is -2.11. The molecule has 0 fully saturated rings. The number of nitrogen functional groups attached to an aromatic ring is 1. The van der Waals surface area contributed by atoms with Crippen LogP contribution in [0.2, 0.25) is 0 Å². The van der Waals surface area contributed by atoms with Crippen LogP contribution in [0.4, 0.5) is 19.6 Å². The number of hydrogen-bond donors (Lipinski definition) is 2. The smallest absolute Gasteiger partial charge is 0.237 e. The van der Waals surface area contributed by atoms with E-state index in [4.69, 9.17) is 5.73 Å². The second kappa shape index (κ2) is 6.14. The molecular weight excluding hydrogens is 306 g/mol. The predicted molar refractivity (Wildman–Crippen MR) is 74.6 cm³/mol. The molecule has 9 heteroatoms. The lowest BCUT2D eigenvalue weighted by atomic mass is 10.3. The molecule has 1 unspecified atom stereocenters. The van der Waals surface area contributed by atoms with Crippen molar-refractivity contribution in [2.45, 2.75) is 16.5 Å². The van der Waals surface area contributed by atoms with Crippen molar-refractivity contribution in [2.24, 2.45) is 0 Å². The minimum atomic E-state index is -0.823. The number of rotatable bonds is 4. The van der Waals surface area contributed by atoms with E-state index < -0.39 is 28.5 Å². The van der Waals surface area contributed by atoms with Gasteiger partial charge in [0.2, 0.25) is 11.0 Å². The van der Waals surface area contributed by atoms with Gasteiger partial charge in [0.15, 0.2) is 4.34 Å². The number of hydrogen-bond acceptors (Lipinski definition) is 6. The van der Waals surface area contributed by atoms with Crippen molar-refractivity contribution in [3.63, 3.8) is 0 Å². The van der Waals surface area contributed by atoms with Crippen LogP contribution < -0.4 is 11.1 Å². The maximum absolute atomic E-state index is 13.4. The summed E-state index contributed by atoms with van der Waals surface area (Å²) in [7, 11) is 0. The van der Waals surface area contributed by atoms with Crippen LogP contribution in [-0.4, -0.2) is 21.4 Å². The van der Waals surface area contributed by atoms with Crippen molar-refractivity contribution in [3.8, 4) is 0 Å². The molecule has 0 spiro atoms. The van der Waals surface area contributed by atoms with Gasteiger partial charge in [-0.25, -0.2) is 8.78 Å². The van der Waals surface area contributed by atoms with Gasteiger partial charge in [-0.2, -0.15) is 0 Å². The minimum Gasteiger partial charge on any atom is -0.374 e. The molecule has 1 heterocycles. The largest absolute Gasteiger partial charge is 0.374 e. The van der Waals surface area contributed by atoms with E-state index in [0.29, 0.717) is 9.47 Å². The van der Waals surface area contributed by atoms with Crippen molar-refractivity contribution in [1.82, 2.24) is 10.2 Å². The van der Waals surface area contributed by atoms with E-state index in [-0.39, 0.29) is 0 Å². The molecule has 0 bridgehead atoms. The zero-order valence-electron chi connectivity index (χ0n) is 10.3. The topological polar surface area (TPSA) is 80.9 Å². The van der Waals surface area contributed by atoms with Crippen LogP contribution in [0.15, 0.2) is 22.5 Å². The van der Waals surface area contributed by atoms with Gasteiger partial charge in [0, 0.05) is 0 Å². The summed E-state index contributed by atoms with van der Waals surface area (Å²) in [5, 5.41) is 9.29. The Morgan fingerprint density at radius 2 is 2.05 bits per heavy atom. The van der Waals surface area contributed by atoms with Crippen molar-refractivity contribution >= 4 is 39.8 Å². The maximum Gasteiger partial charge on any atom is 0.237 e. The van der Waals surface area contributed by atoms with E-state index in [1.165, 1.54) is 6.07 Å².